The van der Waals surface area contributed by atoms with Gasteiger partial charge in [0, 0.05) is 12.1 Å². The molecule has 0 bridgehead atoms. The van der Waals surface area contributed by atoms with E-state index in [0.29, 0.717) is 12.3 Å². The third-order valence-corrected chi connectivity index (χ3v) is 3.41. The lowest BCUT2D eigenvalue weighted by molar-refractivity contribution is 0.200. The van der Waals surface area contributed by atoms with Crippen molar-refractivity contribution >= 4 is 6.03 Å². The van der Waals surface area contributed by atoms with Crippen molar-refractivity contribution in [2.45, 2.75) is 19.5 Å². The molecule has 23 heavy (non-hydrogen) atoms. The molecule has 0 aliphatic rings. The Kier molecular flexibility index (Phi) is 6.44. The Bertz CT molecular complexity index is 617. The van der Waals surface area contributed by atoms with Crippen molar-refractivity contribution in [2.24, 2.45) is 0 Å². The first-order chi connectivity index (χ1) is 11.2. The number of hydrogen-bond acceptors (Lipinski definition) is 3. The largest absolute Gasteiger partial charge is 0.491 e. The Morgan fingerprint density at radius 3 is 2.57 bits per heavy atom. The van der Waals surface area contributed by atoms with E-state index in [2.05, 4.69) is 10.6 Å². The summed E-state index contributed by atoms with van der Waals surface area (Å²) in [5, 5.41) is 14.6. The molecular weight excluding hydrogens is 292 g/mol. The van der Waals surface area contributed by atoms with Crippen LogP contribution < -0.4 is 15.4 Å². The van der Waals surface area contributed by atoms with Crippen LogP contribution in [-0.4, -0.2) is 24.4 Å². The minimum absolute atomic E-state index is 0.0448. The van der Waals surface area contributed by atoms with Crippen LogP contribution in [0.5, 0.6) is 5.75 Å². The highest BCUT2D eigenvalue weighted by atomic mass is 16.5. The van der Waals surface area contributed by atoms with Crippen LogP contribution in [0.3, 0.4) is 0 Å². The number of para-hydroxylation sites is 1. The fourth-order valence-electron chi connectivity index (χ4n) is 2.19. The molecule has 0 aliphatic heterocycles. The van der Waals surface area contributed by atoms with Crippen molar-refractivity contribution in [1.29, 1.82) is 0 Å². The maximum atomic E-state index is 12.0. The third-order valence-electron chi connectivity index (χ3n) is 3.41. The molecule has 2 rings (SSSR count). The number of amides is 2. The average Bonchev–Trinajstić information content (AvgIpc) is 2.59. The van der Waals surface area contributed by atoms with E-state index in [1.165, 1.54) is 0 Å². The standard InChI is InChI=1S/C18H22N2O3/c1-14(15-7-3-2-4-8-15)20-18(22)19-13-16-9-5-6-10-17(16)23-12-11-21/h2-10,14,21H,11-13H2,1H3,(H2,19,20,22)/t14-/m0/s1. The lowest BCUT2D eigenvalue weighted by Crippen LogP contribution is -2.36. The monoisotopic (exact) mass is 314 g/mol. The maximum Gasteiger partial charge on any atom is 0.315 e. The first kappa shape index (κ1) is 16.8. The number of nitrogens with one attached hydrogen (secondary N) is 2. The summed E-state index contributed by atoms with van der Waals surface area (Å²) in [5.41, 5.74) is 1.91. The zero-order chi connectivity index (χ0) is 16.5. The first-order valence-electron chi connectivity index (χ1n) is 7.61. The Morgan fingerprint density at radius 2 is 1.83 bits per heavy atom. The minimum Gasteiger partial charge on any atom is -0.491 e. The zero-order valence-corrected chi connectivity index (χ0v) is 13.2. The maximum absolute atomic E-state index is 12.0. The van der Waals surface area contributed by atoms with Crippen LogP contribution in [0.15, 0.2) is 54.6 Å². The van der Waals surface area contributed by atoms with E-state index < -0.39 is 0 Å². The fourth-order valence-corrected chi connectivity index (χ4v) is 2.19. The molecule has 122 valence electrons. The van der Waals surface area contributed by atoms with Crippen molar-refractivity contribution in [2.75, 3.05) is 13.2 Å². The number of rotatable bonds is 7. The van der Waals surface area contributed by atoms with E-state index in [1.807, 2.05) is 61.5 Å². The van der Waals surface area contributed by atoms with Crippen molar-refractivity contribution < 1.29 is 14.6 Å². The molecule has 0 saturated carbocycles. The number of aliphatic hydroxyl groups is 1. The smallest absolute Gasteiger partial charge is 0.315 e. The van der Waals surface area contributed by atoms with Crippen molar-refractivity contribution in [3.8, 4) is 5.75 Å². The molecule has 2 amide bonds. The molecular formula is C18H22N2O3. The lowest BCUT2D eigenvalue weighted by Gasteiger charge is -2.16. The van der Waals surface area contributed by atoms with Crippen molar-refractivity contribution in [1.82, 2.24) is 10.6 Å². The molecule has 0 aromatic heterocycles. The second kappa shape index (κ2) is 8.80. The van der Waals surface area contributed by atoms with Gasteiger partial charge in [-0.3, -0.25) is 0 Å². The Hall–Kier alpha value is -2.53. The summed E-state index contributed by atoms with van der Waals surface area (Å²) < 4.78 is 5.45. The number of ether oxygens (including phenoxy) is 1. The second-order valence-electron chi connectivity index (χ2n) is 5.14. The van der Waals surface area contributed by atoms with Crippen LogP contribution in [0.25, 0.3) is 0 Å². The van der Waals surface area contributed by atoms with Gasteiger partial charge in [0.25, 0.3) is 0 Å². The van der Waals surface area contributed by atoms with Crippen LogP contribution >= 0.6 is 0 Å². The third kappa shape index (κ3) is 5.30. The topological polar surface area (TPSA) is 70.6 Å². The highest BCUT2D eigenvalue weighted by molar-refractivity contribution is 5.74. The molecule has 0 heterocycles. The van der Waals surface area contributed by atoms with Gasteiger partial charge < -0.3 is 20.5 Å². The second-order valence-corrected chi connectivity index (χ2v) is 5.14. The molecule has 0 unspecified atom stereocenters. The number of hydrogen-bond donors (Lipinski definition) is 3. The van der Waals surface area contributed by atoms with Gasteiger partial charge >= 0.3 is 6.03 Å². The van der Waals surface area contributed by atoms with Gasteiger partial charge in [-0.05, 0) is 18.6 Å². The number of aliphatic hydroxyl groups excluding tert-OH is 1. The van der Waals surface area contributed by atoms with Gasteiger partial charge in [-0.2, -0.15) is 0 Å². The van der Waals surface area contributed by atoms with Gasteiger partial charge in [0.15, 0.2) is 0 Å². The molecule has 2 aromatic rings. The van der Waals surface area contributed by atoms with Gasteiger partial charge in [-0.15, -0.1) is 0 Å². The molecule has 5 heteroatoms. The van der Waals surface area contributed by atoms with Crippen LogP contribution in [0.4, 0.5) is 4.79 Å². The molecule has 0 spiro atoms. The fraction of sp³-hybridized carbons (Fsp3) is 0.278. The van der Waals surface area contributed by atoms with Gasteiger partial charge in [-0.25, -0.2) is 4.79 Å². The van der Waals surface area contributed by atoms with E-state index in [4.69, 9.17) is 9.84 Å². The van der Waals surface area contributed by atoms with E-state index in [-0.39, 0.29) is 25.3 Å². The molecule has 1 atom stereocenters. The summed E-state index contributed by atoms with van der Waals surface area (Å²) in [7, 11) is 0. The Morgan fingerprint density at radius 1 is 1.13 bits per heavy atom. The molecule has 5 nitrogen and oxygen atoms in total. The molecule has 0 saturated heterocycles. The normalized spacial score (nSPS) is 11.6. The molecule has 3 N–H and O–H groups in total. The van der Waals surface area contributed by atoms with Crippen LogP contribution in [0.1, 0.15) is 24.1 Å². The predicted octanol–water partition coefficient (Wildman–Crippen LogP) is 2.62. The van der Waals surface area contributed by atoms with E-state index in [1.54, 1.807) is 0 Å². The quantitative estimate of drug-likeness (QED) is 0.736. The Balaban J connectivity index is 1.87. The summed E-state index contributed by atoms with van der Waals surface area (Å²) in [4.78, 5) is 12.0. The molecule has 0 radical (unpaired) electrons. The van der Waals surface area contributed by atoms with E-state index in [9.17, 15) is 4.79 Å². The van der Waals surface area contributed by atoms with E-state index in [0.717, 1.165) is 11.1 Å². The number of carbonyl (C=O) groups excluding carboxylic acids is 1. The lowest BCUT2D eigenvalue weighted by atomic mass is 10.1. The van der Waals surface area contributed by atoms with Gasteiger partial charge in [-0.1, -0.05) is 48.5 Å². The number of urea groups is 1. The Labute approximate surface area is 136 Å². The minimum atomic E-state index is -0.238. The molecule has 0 aliphatic carbocycles. The number of carbonyl (C=O) groups is 1. The van der Waals surface area contributed by atoms with Gasteiger partial charge in [0.1, 0.15) is 12.4 Å². The summed E-state index contributed by atoms with van der Waals surface area (Å²) >= 11 is 0. The average molecular weight is 314 g/mol. The molecule has 0 fully saturated rings. The first-order valence-corrected chi connectivity index (χ1v) is 7.61. The summed E-state index contributed by atoms with van der Waals surface area (Å²) in [6, 6.07) is 16.9. The highest BCUT2D eigenvalue weighted by Crippen LogP contribution is 2.17. The van der Waals surface area contributed by atoms with Crippen LogP contribution in [0, 0.1) is 0 Å². The van der Waals surface area contributed by atoms with E-state index >= 15 is 0 Å². The van der Waals surface area contributed by atoms with Crippen molar-refractivity contribution in [3.63, 3.8) is 0 Å². The zero-order valence-electron chi connectivity index (χ0n) is 13.2. The predicted molar refractivity (Wildman–Crippen MR) is 89.3 cm³/mol. The van der Waals surface area contributed by atoms with Gasteiger partial charge in [0.05, 0.1) is 12.6 Å². The highest BCUT2D eigenvalue weighted by Gasteiger charge is 2.10. The van der Waals surface area contributed by atoms with Crippen molar-refractivity contribution in [3.05, 3.63) is 65.7 Å². The SMILES string of the molecule is C[C@H](NC(=O)NCc1ccccc1OCCO)c1ccccc1. The van der Waals surface area contributed by atoms with Crippen LogP contribution in [-0.2, 0) is 6.54 Å². The van der Waals surface area contributed by atoms with Gasteiger partial charge in [0.2, 0.25) is 0 Å². The summed E-state index contributed by atoms with van der Waals surface area (Å²) in [6.07, 6.45) is 0. The summed E-state index contributed by atoms with van der Waals surface area (Å²) in [5.74, 6) is 0.665. The number of benzene rings is 2. The van der Waals surface area contributed by atoms with Crippen LogP contribution in [0.2, 0.25) is 0 Å². The molecule has 2 aromatic carbocycles. The summed E-state index contributed by atoms with van der Waals surface area (Å²) in [6.45, 7) is 2.48.